The highest BCUT2D eigenvalue weighted by molar-refractivity contribution is 8.00. The minimum absolute atomic E-state index is 0.0339. The summed E-state index contributed by atoms with van der Waals surface area (Å²) >= 11 is 7.19. The molecule has 0 saturated heterocycles. The Balaban J connectivity index is 0.000000795. The van der Waals surface area contributed by atoms with Gasteiger partial charge < -0.3 is 18.9 Å². The van der Waals surface area contributed by atoms with Crippen LogP contribution >= 0.6 is 23.5 Å². The van der Waals surface area contributed by atoms with E-state index in [4.69, 9.17) is 31.0 Å². The molecule has 3 aromatic rings. The highest BCUT2D eigenvalue weighted by atomic mass is 35.5. The molecule has 0 saturated carbocycles. The number of carboxylic acids is 1. The van der Waals surface area contributed by atoms with E-state index in [0.29, 0.717) is 29.5 Å². The van der Waals surface area contributed by atoms with Crippen molar-refractivity contribution in [2.45, 2.75) is 24.6 Å². The molecule has 0 aliphatic carbocycles. The maximum absolute atomic E-state index is 13.9. The minimum Gasteiger partial charge on any atom is -0.489 e. The van der Waals surface area contributed by atoms with Gasteiger partial charge in [0, 0.05) is 11.8 Å². The Labute approximate surface area is 208 Å². The second-order valence-electron chi connectivity index (χ2n) is 7.23. The highest BCUT2D eigenvalue weighted by Crippen LogP contribution is 2.40. The van der Waals surface area contributed by atoms with Crippen molar-refractivity contribution in [2.24, 2.45) is 0 Å². The number of ether oxygens (including phenoxy) is 2. The van der Waals surface area contributed by atoms with E-state index >= 15 is 0 Å². The van der Waals surface area contributed by atoms with E-state index in [1.807, 2.05) is 10.4 Å². The number of rotatable bonds is 5. The summed E-state index contributed by atoms with van der Waals surface area (Å²) in [5, 5.41) is 7.59. The Kier molecular flexibility index (Phi) is 8.74. The van der Waals surface area contributed by atoms with Crippen LogP contribution in [0.2, 0.25) is 5.02 Å². The fraction of sp³-hybridized carbons (Fsp3) is 0.208. The van der Waals surface area contributed by atoms with Crippen LogP contribution < -0.4 is 13.8 Å². The number of alkyl halides is 3. The van der Waals surface area contributed by atoms with E-state index in [1.54, 1.807) is 18.2 Å². The molecule has 11 heteroatoms. The normalized spacial score (nSPS) is 12.7. The molecule has 0 unspecified atom stereocenters. The van der Waals surface area contributed by atoms with Crippen molar-refractivity contribution in [3.05, 3.63) is 82.6 Å². The van der Waals surface area contributed by atoms with Gasteiger partial charge in [0.05, 0.1) is 22.8 Å². The van der Waals surface area contributed by atoms with Gasteiger partial charge in [-0.1, -0.05) is 29.8 Å². The maximum Gasteiger partial charge on any atom is 0.416 e. The third kappa shape index (κ3) is 7.43. The fourth-order valence-electron chi connectivity index (χ4n) is 3.06. The van der Waals surface area contributed by atoms with Crippen LogP contribution in [-0.4, -0.2) is 24.2 Å². The molecule has 5 nitrogen and oxygen atoms in total. The summed E-state index contributed by atoms with van der Waals surface area (Å²) < 4.78 is 66.1. The lowest BCUT2D eigenvalue weighted by Gasteiger charge is -2.30. The Bertz CT molecular complexity index is 1170. The molecule has 4 rings (SSSR count). The van der Waals surface area contributed by atoms with Crippen LogP contribution in [0.4, 0.5) is 23.2 Å². The van der Waals surface area contributed by atoms with Gasteiger partial charge in [-0.15, -0.1) is 0 Å². The van der Waals surface area contributed by atoms with Crippen molar-refractivity contribution in [3.63, 3.8) is 0 Å². The number of hydrogen-bond acceptors (Lipinski definition) is 5. The van der Waals surface area contributed by atoms with Crippen molar-refractivity contribution in [1.29, 1.82) is 0 Å². The zero-order valence-corrected chi connectivity index (χ0v) is 19.9. The molecule has 1 aliphatic rings. The summed E-state index contributed by atoms with van der Waals surface area (Å²) in [7, 11) is 0. The second-order valence-corrected chi connectivity index (χ2v) is 8.73. The van der Waals surface area contributed by atoms with Crippen LogP contribution in [0.3, 0.4) is 0 Å². The largest absolute Gasteiger partial charge is 0.489 e. The molecule has 3 aromatic carbocycles. The average molecular weight is 530 g/mol. The van der Waals surface area contributed by atoms with Gasteiger partial charge in [0.2, 0.25) is 0 Å². The van der Waals surface area contributed by atoms with Gasteiger partial charge in [0.1, 0.15) is 19.0 Å². The summed E-state index contributed by atoms with van der Waals surface area (Å²) in [4.78, 5) is 9.46. The van der Waals surface area contributed by atoms with Crippen molar-refractivity contribution < 1.29 is 36.9 Å². The highest BCUT2D eigenvalue weighted by Gasteiger charge is 2.31. The van der Waals surface area contributed by atoms with E-state index in [9.17, 15) is 17.6 Å². The number of halogens is 5. The fourth-order valence-corrected chi connectivity index (χ4v) is 4.25. The third-order valence-corrected chi connectivity index (χ3v) is 5.89. The van der Waals surface area contributed by atoms with Crippen molar-refractivity contribution in [1.82, 2.24) is 0 Å². The summed E-state index contributed by atoms with van der Waals surface area (Å²) in [6, 6.07) is 14.8. The van der Waals surface area contributed by atoms with E-state index < -0.39 is 23.5 Å². The number of carbonyl (C=O) groups is 1. The van der Waals surface area contributed by atoms with E-state index in [-0.39, 0.29) is 17.4 Å². The zero-order valence-electron chi connectivity index (χ0n) is 18.3. The number of fused-ring (bicyclic) bond motifs is 1. The molecule has 0 amide bonds. The molecule has 1 aliphatic heterocycles. The van der Waals surface area contributed by atoms with Gasteiger partial charge in [0.15, 0.2) is 11.6 Å². The molecule has 0 aromatic heterocycles. The van der Waals surface area contributed by atoms with Gasteiger partial charge in [-0.05, 0) is 60.0 Å². The molecule has 186 valence electrons. The molecule has 0 bridgehead atoms. The van der Waals surface area contributed by atoms with Crippen LogP contribution in [0, 0.1) is 5.82 Å². The molecule has 1 N–H and O–H groups in total. The summed E-state index contributed by atoms with van der Waals surface area (Å²) in [6.45, 7) is 2.03. The molecule has 0 radical (unpaired) electrons. The Morgan fingerprint density at radius 2 is 1.89 bits per heavy atom. The van der Waals surface area contributed by atoms with Gasteiger partial charge in [-0.25, -0.2) is 4.39 Å². The van der Waals surface area contributed by atoms with Crippen LogP contribution in [-0.2, 0) is 17.6 Å². The molecule has 0 spiro atoms. The number of aliphatic carboxylic acids is 1. The first-order valence-electron chi connectivity index (χ1n) is 10.2. The standard InChI is InChI=1S/C22H16ClF4NO2S.C2H4O2/c23-17-5-2-6-18(24)21(17)30-13-14-7-8-20-19(11-14)28(9-10-29-20)31-16-4-1-3-15(12-16)22(25,26)27;1-2(3)4/h1-8,11-12H,9-10,13H2;1H3,(H,3,4). The van der Waals surface area contributed by atoms with Crippen molar-refractivity contribution in [3.8, 4) is 11.5 Å². The summed E-state index contributed by atoms with van der Waals surface area (Å²) in [5.41, 5.74) is 0.738. The van der Waals surface area contributed by atoms with E-state index in [2.05, 4.69) is 0 Å². The van der Waals surface area contributed by atoms with Gasteiger partial charge in [0.25, 0.3) is 5.97 Å². The predicted molar refractivity (Wildman–Crippen MR) is 126 cm³/mol. The molecular weight excluding hydrogens is 510 g/mol. The molecule has 0 fully saturated rings. The average Bonchev–Trinajstić information content (AvgIpc) is 2.78. The lowest BCUT2D eigenvalue weighted by Crippen LogP contribution is -2.27. The van der Waals surface area contributed by atoms with Crippen LogP contribution in [0.5, 0.6) is 11.5 Å². The number of para-hydroxylation sites is 1. The predicted octanol–water partition coefficient (Wildman–Crippen LogP) is 7.07. The lowest BCUT2D eigenvalue weighted by molar-refractivity contribution is -0.138. The number of anilines is 1. The molecule has 35 heavy (non-hydrogen) atoms. The Morgan fingerprint density at radius 3 is 2.57 bits per heavy atom. The maximum atomic E-state index is 13.9. The van der Waals surface area contributed by atoms with Gasteiger partial charge in [-0.2, -0.15) is 13.2 Å². The van der Waals surface area contributed by atoms with Crippen molar-refractivity contribution >= 4 is 35.2 Å². The van der Waals surface area contributed by atoms with Crippen LogP contribution in [0.1, 0.15) is 18.1 Å². The first kappa shape index (κ1) is 26.5. The first-order valence-corrected chi connectivity index (χ1v) is 11.3. The van der Waals surface area contributed by atoms with E-state index in [0.717, 1.165) is 24.6 Å². The second kappa shape index (κ2) is 11.5. The number of nitrogens with zero attached hydrogens (tertiary/aromatic N) is 1. The number of benzene rings is 3. The third-order valence-electron chi connectivity index (χ3n) is 4.52. The SMILES string of the molecule is CC(=O)O.Fc1cccc(Cl)c1OCc1ccc2c(c1)N(Sc1cccc(C(F)(F)F)c1)CCO2. The van der Waals surface area contributed by atoms with Crippen molar-refractivity contribution in [2.75, 3.05) is 17.5 Å². The first-order chi connectivity index (χ1) is 16.5. The Morgan fingerprint density at radius 1 is 1.17 bits per heavy atom. The van der Waals surface area contributed by atoms with Gasteiger partial charge in [-0.3, -0.25) is 4.79 Å². The topological polar surface area (TPSA) is 59.0 Å². The van der Waals surface area contributed by atoms with Gasteiger partial charge >= 0.3 is 6.18 Å². The molecule has 0 atom stereocenters. The minimum atomic E-state index is -4.40. The number of carboxylic acid groups (broad SMARTS) is 1. The van der Waals surface area contributed by atoms with Crippen LogP contribution in [0.25, 0.3) is 0 Å². The summed E-state index contributed by atoms with van der Waals surface area (Å²) in [6.07, 6.45) is -4.40. The summed E-state index contributed by atoms with van der Waals surface area (Å²) in [5.74, 6) is -0.817. The Hall–Kier alpha value is -3.11. The smallest absolute Gasteiger partial charge is 0.416 e. The monoisotopic (exact) mass is 529 g/mol. The lowest BCUT2D eigenvalue weighted by atomic mass is 10.2. The molecule has 1 heterocycles. The van der Waals surface area contributed by atoms with Crippen LogP contribution in [0.15, 0.2) is 65.6 Å². The zero-order chi connectivity index (χ0) is 25.6. The quantitative estimate of drug-likeness (QED) is 0.282. The van der Waals surface area contributed by atoms with E-state index in [1.165, 1.54) is 36.2 Å². The number of hydrogen-bond donors (Lipinski definition) is 1. The molecular formula is C24H20ClF4NO4S.